The lowest BCUT2D eigenvalue weighted by Crippen LogP contribution is -2.38. The number of para-hydroxylation sites is 1. The second-order valence-corrected chi connectivity index (χ2v) is 7.45. The number of likely N-dealkylation sites (N-methyl/N-ethyl adjacent to an activating group) is 1. The molecule has 1 unspecified atom stereocenters. The zero-order chi connectivity index (χ0) is 19.0. The molecule has 2 heterocycles. The van der Waals surface area contributed by atoms with Gasteiger partial charge in [-0.1, -0.05) is 42.0 Å². The molecule has 138 valence electrons. The van der Waals surface area contributed by atoms with E-state index in [1.54, 1.807) is 0 Å². The number of carbonyl (C=O) groups is 1. The highest BCUT2D eigenvalue weighted by atomic mass is 16.2. The molecule has 4 nitrogen and oxygen atoms in total. The molecule has 1 atom stereocenters. The van der Waals surface area contributed by atoms with Gasteiger partial charge in [-0.25, -0.2) is 4.98 Å². The van der Waals surface area contributed by atoms with Gasteiger partial charge >= 0.3 is 0 Å². The van der Waals surface area contributed by atoms with Gasteiger partial charge in [-0.05, 0) is 44.5 Å². The molecule has 4 heteroatoms. The third kappa shape index (κ3) is 3.33. The van der Waals surface area contributed by atoms with Crippen molar-refractivity contribution in [3.05, 3.63) is 65.2 Å². The maximum absolute atomic E-state index is 13.3. The zero-order valence-electron chi connectivity index (χ0n) is 16.1. The molecule has 0 saturated carbocycles. The molecular weight excluding hydrogens is 334 g/mol. The fourth-order valence-corrected chi connectivity index (χ4v) is 3.92. The van der Waals surface area contributed by atoms with Gasteiger partial charge in [-0.2, -0.15) is 0 Å². The van der Waals surface area contributed by atoms with Crippen molar-refractivity contribution in [1.82, 2.24) is 15.2 Å². The minimum Gasteiger partial charge on any atom is -0.337 e. The Morgan fingerprint density at radius 1 is 1.15 bits per heavy atom. The van der Waals surface area contributed by atoms with E-state index in [-0.39, 0.29) is 11.9 Å². The molecule has 1 aliphatic rings. The van der Waals surface area contributed by atoms with E-state index in [0.29, 0.717) is 0 Å². The zero-order valence-corrected chi connectivity index (χ0v) is 16.1. The van der Waals surface area contributed by atoms with Crippen LogP contribution in [0.5, 0.6) is 0 Å². The Morgan fingerprint density at radius 2 is 1.96 bits per heavy atom. The van der Waals surface area contributed by atoms with Gasteiger partial charge in [0.1, 0.15) is 0 Å². The second kappa shape index (κ2) is 7.12. The van der Waals surface area contributed by atoms with Crippen LogP contribution < -0.4 is 5.32 Å². The van der Waals surface area contributed by atoms with Crippen LogP contribution in [0.4, 0.5) is 0 Å². The number of pyridine rings is 1. The molecule has 0 radical (unpaired) electrons. The van der Waals surface area contributed by atoms with Gasteiger partial charge in [0.25, 0.3) is 5.91 Å². The lowest BCUT2D eigenvalue weighted by molar-refractivity contribution is 0.0745. The van der Waals surface area contributed by atoms with E-state index in [1.807, 2.05) is 42.3 Å². The first kappa shape index (κ1) is 17.7. The van der Waals surface area contributed by atoms with Crippen molar-refractivity contribution >= 4 is 16.8 Å². The molecule has 1 saturated heterocycles. The highest BCUT2D eigenvalue weighted by Crippen LogP contribution is 2.28. The van der Waals surface area contributed by atoms with Crippen LogP contribution >= 0.6 is 0 Å². The van der Waals surface area contributed by atoms with Crippen LogP contribution in [0.25, 0.3) is 22.2 Å². The Hall–Kier alpha value is -2.72. The van der Waals surface area contributed by atoms with Gasteiger partial charge in [0.15, 0.2) is 0 Å². The molecular formula is C23H25N3O. The third-order valence-corrected chi connectivity index (χ3v) is 5.51. The Kier molecular flexibility index (Phi) is 4.66. The number of nitrogens with zero attached hydrogens (tertiary/aromatic N) is 2. The number of amides is 1. The van der Waals surface area contributed by atoms with Crippen molar-refractivity contribution in [3.63, 3.8) is 0 Å². The number of aryl methyl sites for hydroxylation is 2. The SMILES string of the molecule is Cc1ccc(-c2cc(C(=O)N(C)C3CCNC3)c3ccccc3n2)c(C)c1. The summed E-state index contributed by atoms with van der Waals surface area (Å²) in [4.78, 5) is 20.1. The Balaban J connectivity index is 1.84. The maximum atomic E-state index is 13.3. The van der Waals surface area contributed by atoms with Crippen LogP contribution in [0.1, 0.15) is 27.9 Å². The minimum atomic E-state index is 0.0633. The molecule has 1 fully saturated rings. The number of hydrogen-bond donors (Lipinski definition) is 1. The van der Waals surface area contributed by atoms with Crippen molar-refractivity contribution < 1.29 is 4.79 Å². The van der Waals surface area contributed by atoms with E-state index < -0.39 is 0 Å². The smallest absolute Gasteiger partial charge is 0.254 e. The average molecular weight is 359 g/mol. The van der Waals surface area contributed by atoms with Crippen LogP contribution in [-0.2, 0) is 0 Å². The Bertz CT molecular complexity index is 1010. The van der Waals surface area contributed by atoms with Crippen LogP contribution in [0.2, 0.25) is 0 Å². The molecule has 0 spiro atoms. The Morgan fingerprint density at radius 3 is 2.70 bits per heavy atom. The second-order valence-electron chi connectivity index (χ2n) is 7.45. The summed E-state index contributed by atoms with van der Waals surface area (Å²) in [6, 6.07) is 16.5. The largest absolute Gasteiger partial charge is 0.337 e. The van der Waals surface area contributed by atoms with E-state index in [1.165, 1.54) is 11.1 Å². The van der Waals surface area contributed by atoms with Crippen LogP contribution in [0.15, 0.2) is 48.5 Å². The number of nitrogens with one attached hydrogen (secondary N) is 1. The first-order valence-corrected chi connectivity index (χ1v) is 9.50. The van der Waals surface area contributed by atoms with Gasteiger partial charge in [0, 0.05) is 30.6 Å². The van der Waals surface area contributed by atoms with Crippen molar-refractivity contribution in [3.8, 4) is 11.3 Å². The van der Waals surface area contributed by atoms with Gasteiger partial charge in [0.05, 0.1) is 16.8 Å². The number of aromatic nitrogens is 1. The molecule has 1 amide bonds. The normalized spacial score (nSPS) is 16.6. The number of carbonyl (C=O) groups excluding carboxylic acids is 1. The fraction of sp³-hybridized carbons (Fsp3) is 0.304. The topological polar surface area (TPSA) is 45.2 Å². The molecule has 1 N–H and O–H groups in total. The first-order valence-electron chi connectivity index (χ1n) is 9.50. The van der Waals surface area contributed by atoms with Gasteiger partial charge in [-0.15, -0.1) is 0 Å². The average Bonchev–Trinajstić information content (AvgIpc) is 3.21. The summed E-state index contributed by atoms with van der Waals surface area (Å²) in [5, 5.41) is 4.25. The van der Waals surface area contributed by atoms with Crippen LogP contribution in [0, 0.1) is 13.8 Å². The summed E-state index contributed by atoms with van der Waals surface area (Å²) in [7, 11) is 1.91. The standard InChI is InChI=1S/C23H25N3O/c1-15-8-9-18(16(2)12-15)22-13-20(19-6-4-5-7-21(19)25-22)23(27)26(3)17-10-11-24-14-17/h4-9,12-13,17,24H,10-11,14H2,1-3H3. The van der Waals surface area contributed by atoms with Crippen molar-refractivity contribution in [2.75, 3.05) is 20.1 Å². The van der Waals surface area contributed by atoms with Crippen LogP contribution in [0.3, 0.4) is 0 Å². The maximum Gasteiger partial charge on any atom is 0.254 e. The fourth-order valence-electron chi connectivity index (χ4n) is 3.92. The number of benzene rings is 2. The van der Waals surface area contributed by atoms with E-state index in [0.717, 1.165) is 47.2 Å². The van der Waals surface area contributed by atoms with Crippen molar-refractivity contribution in [1.29, 1.82) is 0 Å². The summed E-state index contributed by atoms with van der Waals surface area (Å²) in [5.74, 6) is 0.0633. The number of fused-ring (bicyclic) bond motifs is 1. The summed E-state index contributed by atoms with van der Waals surface area (Å²) >= 11 is 0. The molecule has 4 rings (SSSR count). The van der Waals surface area contributed by atoms with Crippen LogP contribution in [-0.4, -0.2) is 42.0 Å². The van der Waals surface area contributed by atoms with E-state index in [2.05, 4.69) is 37.4 Å². The number of hydrogen-bond acceptors (Lipinski definition) is 3. The molecule has 2 aromatic carbocycles. The summed E-state index contributed by atoms with van der Waals surface area (Å²) in [6.07, 6.45) is 0.995. The van der Waals surface area contributed by atoms with Crippen molar-refractivity contribution in [2.45, 2.75) is 26.3 Å². The van der Waals surface area contributed by atoms with Gasteiger partial charge in [-0.3, -0.25) is 4.79 Å². The molecule has 1 aromatic heterocycles. The summed E-state index contributed by atoms with van der Waals surface area (Å²) in [5.41, 5.74) is 5.91. The molecule has 0 aliphatic carbocycles. The number of rotatable bonds is 3. The minimum absolute atomic E-state index is 0.0633. The van der Waals surface area contributed by atoms with E-state index in [9.17, 15) is 4.79 Å². The van der Waals surface area contributed by atoms with E-state index >= 15 is 0 Å². The molecule has 0 bridgehead atoms. The highest BCUT2D eigenvalue weighted by molar-refractivity contribution is 6.07. The highest BCUT2D eigenvalue weighted by Gasteiger charge is 2.25. The van der Waals surface area contributed by atoms with Gasteiger partial charge < -0.3 is 10.2 Å². The lowest BCUT2D eigenvalue weighted by atomic mass is 9.99. The first-order chi connectivity index (χ1) is 13.0. The summed E-state index contributed by atoms with van der Waals surface area (Å²) < 4.78 is 0. The van der Waals surface area contributed by atoms with E-state index in [4.69, 9.17) is 4.98 Å². The predicted molar refractivity (Wildman–Crippen MR) is 110 cm³/mol. The lowest BCUT2D eigenvalue weighted by Gasteiger charge is -2.24. The molecule has 3 aromatic rings. The Labute approximate surface area is 160 Å². The molecule has 27 heavy (non-hydrogen) atoms. The predicted octanol–water partition coefficient (Wildman–Crippen LogP) is 3.95. The molecule has 1 aliphatic heterocycles. The quantitative estimate of drug-likeness (QED) is 0.770. The summed E-state index contributed by atoms with van der Waals surface area (Å²) in [6.45, 7) is 6.00. The third-order valence-electron chi connectivity index (χ3n) is 5.51. The monoisotopic (exact) mass is 359 g/mol. The van der Waals surface area contributed by atoms with Gasteiger partial charge in [0.2, 0.25) is 0 Å². The van der Waals surface area contributed by atoms with Crippen molar-refractivity contribution in [2.24, 2.45) is 0 Å².